The molecule has 1 unspecified atom stereocenters. The second-order valence-corrected chi connectivity index (χ2v) is 3.79. The smallest absolute Gasteiger partial charge is 0.141 e. The van der Waals surface area contributed by atoms with Crippen molar-refractivity contribution in [3.63, 3.8) is 0 Å². The topological polar surface area (TPSA) is 49.7 Å². The summed E-state index contributed by atoms with van der Waals surface area (Å²) >= 11 is 0. The largest absolute Gasteiger partial charge is 0.506 e. The molecule has 0 bridgehead atoms. The van der Waals surface area contributed by atoms with Gasteiger partial charge in [-0.1, -0.05) is 38.1 Å². The molecule has 0 radical (unpaired) electrons. The van der Waals surface area contributed by atoms with Gasteiger partial charge >= 0.3 is 0 Å². The standard InChI is InChI=1S/C12H11NO2.C2H6/c1-12(8-14)6-5-9-3-2-4-10(15)11(9)13-7-12;1-2/h2-8,15H,1H3;1-2H3. The van der Waals surface area contributed by atoms with E-state index >= 15 is 0 Å². The van der Waals surface area contributed by atoms with Gasteiger partial charge in [0.25, 0.3) is 0 Å². The monoisotopic (exact) mass is 231 g/mol. The normalized spacial score (nSPS) is 20.9. The van der Waals surface area contributed by atoms with Crippen molar-refractivity contribution in [2.75, 3.05) is 0 Å². The van der Waals surface area contributed by atoms with Crippen LogP contribution in [0.2, 0.25) is 0 Å². The second-order valence-electron chi connectivity index (χ2n) is 3.79. The van der Waals surface area contributed by atoms with E-state index in [0.717, 1.165) is 11.8 Å². The minimum absolute atomic E-state index is 0.128. The highest BCUT2D eigenvalue weighted by atomic mass is 16.3. The molecule has 1 N–H and O–H groups in total. The summed E-state index contributed by atoms with van der Waals surface area (Å²) in [4.78, 5) is 15.0. The first-order chi connectivity index (χ1) is 8.14. The first-order valence-electron chi connectivity index (χ1n) is 5.67. The minimum Gasteiger partial charge on any atom is -0.506 e. The van der Waals surface area contributed by atoms with Crippen molar-refractivity contribution >= 4 is 24.3 Å². The molecular formula is C14H17NO2. The molecule has 1 aromatic carbocycles. The van der Waals surface area contributed by atoms with Crippen molar-refractivity contribution in [3.05, 3.63) is 29.8 Å². The summed E-state index contributed by atoms with van der Waals surface area (Å²) in [7, 11) is 0. The molecule has 3 nitrogen and oxygen atoms in total. The molecule has 0 amide bonds. The fourth-order valence-corrected chi connectivity index (χ4v) is 1.41. The van der Waals surface area contributed by atoms with Crippen LogP contribution in [0.1, 0.15) is 26.3 Å². The van der Waals surface area contributed by atoms with Crippen LogP contribution in [0.25, 0.3) is 6.08 Å². The average molecular weight is 231 g/mol. The molecule has 1 aliphatic rings. The summed E-state index contributed by atoms with van der Waals surface area (Å²) in [6, 6.07) is 5.17. The van der Waals surface area contributed by atoms with Crippen LogP contribution in [-0.2, 0) is 4.79 Å². The number of hydrogen-bond donors (Lipinski definition) is 1. The van der Waals surface area contributed by atoms with Gasteiger partial charge in [0.1, 0.15) is 17.7 Å². The molecule has 0 spiro atoms. The molecule has 0 aromatic heterocycles. The maximum Gasteiger partial charge on any atom is 0.141 e. The second kappa shape index (κ2) is 5.43. The summed E-state index contributed by atoms with van der Waals surface area (Å²) in [6.07, 6.45) is 5.95. The molecule has 1 aromatic rings. The van der Waals surface area contributed by atoms with Gasteiger partial charge in [0.05, 0.1) is 5.41 Å². The lowest BCUT2D eigenvalue weighted by Crippen LogP contribution is -2.15. The Kier molecular flexibility index (Phi) is 4.21. The highest BCUT2D eigenvalue weighted by Crippen LogP contribution is 2.34. The fourth-order valence-electron chi connectivity index (χ4n) is 1.41. The van der Waals surface area contributed by atoms with Gasteiger partial charge in [-0.25, -0.2) is 0 Å². The van der Waals surface area contributed by atoms with Crippen molar-refractivity contribution in [3.8, 4) is 5.75 Å². The van der Waals surface area contributed by atoms with Gasteiger partial charge < -0.3 is 9.90 Å². The lowest BCUT2D eigenvalue weighted by Gasteiger charge is -2.08. The number of benzene rings is 1. The number of para-hydroxylation sites is 1. The van der Waals surface area contributed by atoms with Gasteiger partial charge in [-0.3, -0.25) is 4.99 Å². The van der Waals surface area contributed by atoms with Crippen molar-refractivity contribution < 1.29 is 9.90 Å². The van der Waals surface area contributed by atoms with E-state index in [4.69, 9.17) is 0 Å². The zero-order valence-corrected chi connectivity index (χ0v) is 10.3. The predicted molar refractivity (Wildman–Crippen MR) is 70.8 cm³/mol. The molecule has 3 heteroatoms. The summed E-state index contributed by atoms with van der Waals surface area (Å²) in [5.74, 6) is 0.128. The van der Waals surface area contributed by atoms with E-state index < -0.39 is 5.41 Å². The van der Waals surface area contributed by atoms with Gasteiger partial charge in [0.15, 0.2) is 0 Å². The molecule has 17 heavy (non-hydrogen) atoms. The lowest BCUT2D eigenvalue weighted by molar-refractivity contribution is -0.111. The number of carbonyl (C=O) groups is 1. The number of aldehydes is 1. The number of carbonyl (C=O) groups excluding carboxylic acids is 1. The maximum atomic E-state index is 10.9. The molecule has 0 saturated heterocycles. The third kappa shape index (κ3) is 2.81. The summed E-state index contributed by atoms with van der Waals surface area (Å²) < 4.78 is 0. The Hall–Kier alpha value is -1.90. The Balaban J connectivity index is 0.000000686. The quantitative estimate of drug-likeness (QED) is 0.753. The van der Waals surface area contributed by atoms with E-state index in [1.807, 2.05) is 19.9 Å². The third-order valence-electron chi connectivity index (χ3n) is 2.39. The first-order valence-corrected chi connectivity index (χ1v) is 5.67. The van der Waals surface area contributed by atoms with Gasteiger partial charge in [0.2, 0.25) is 0 Å². The summed E-state index contributed by atoms with van der Waals surface area (Å²) in [5.41, 5.74) is 0.641. The number of rotatable bonds is 1. The van der Waals surface area contributed by atoms with Crippen LogP contribution in [0.4, 0.5) is 5.69 Å². The summed E-state index contributed by atoms with van der Waals surface area (Å²) in [6.45, 7) is 5.77. The van der Waals surface area contributed by atoms with Crippen LogP contribution < -0.4 is 0 Å². The van der Waals surface area contributed by atoms with Crippen molar-refractivity contribution in [1.82, 2.24) is 0 Å². The number of fused-ring (bicyclic) bond motifs is 1. The minimum atomic E-state index is -0.689. The average Bonchev–Trinajstić information content (AvgIpc) is 2.54. The van der Waals surface area contributed by atoms with Crippen molar-refractivity contribution in [2.45, 2.75) is 20.8 Å². The molecule has 0 aliphatic carbocycles. The third-order valence-corrected chi connectivity index (χ3v) is 2.39. The molecule has 1 heterocycles. The van der Waals surface area contributed by atoms with E-state index in [-0.39, 0.29) is 5.75 Å². The number of phenols is 1. The van der Waals surface area contributed by atoms with Crippen LogP contribution in [0, 0.1) is 5.41 Å². The number of nitrogens with zero attached hydrogens (tertiary/aromatic N) is 1. The Morgan fingerprint density at radius 2 is 2.06 bits per heavy atom. The van der Waals surface area contributed by atoms with Crippen LogP contribution in [0.5, 0.6) is 5.75 Å². The van der Waals surface area contributed by atoms with Gasteiger partial charge in [-0.15, -0.1) is 0 Å². The molecule has 1 aliphatic heterocycles. The van der Waals surface area contributed by atoms with Gasteiger partial charge in [-0.05, 0) is 13.0 Å². The zero-order chi connectivity index (χ0) is 12.9. The Labute approximate surface area is 102 Å². The van der Waals surface area contributed by atoms with Crippen LogP contribution in [0.15, 0.2) is 29.3 Å². The highest BCUT2D eigenvalue weighted by molar-refractivity contribution is 5.94. The Morgan fingerprint density at radius 3 is 2.71 bits per heavy atom. The van der Waals surface area contributed by atoms with E-state index in [1.54, 1.807) is 37.4 Å². The van der Waals surface area contributed by atoms with E-state index in [0.29, 0.717) is 5.69 Å². The predicted octanol–water partition coefficient (Wildman–Crippen LogP) is 3.35. The molecule has 0 saturated carbocycles. The number of allylic oxidation sites excluding steroid dienone is 1. The SMILES string of the molecule is CC.CC1(C=O)C=Cc2cccc(O)c2N=C1. The van der Waals surface area contributed by atoms with Gasteiger partial charge in [0, 0.05) is 11.8 Å². The molecule has 1 atom stereocenters. The van der Waals surface area contributed by atoms with Gasteiger partial charge in [-0.2, -0.15) is 0 Å². The number of aromatic hydroxyl groups is 1. The lowest BCUT2D eigenvalue weighted by atomic mass is 9.94. The van der Waals surface area contributed by atoms with Crippen molar-refractivity contribution in [2.24, 2.45) is 10.4 Å². The van der Waals surface area contributed by atoms with E-state index in [9.17, 15) is 9.90 Å². The summed E-state index contributed by atoms with van der Waals surface area (Å²) in [5, 5.41) is 9.59. The van der Waals surface area contributed by atoms with Crippen LogP contribution in [-0.4, -0.2) is 17.6 Å². The first kappa shape index (κ1) is 13.2. The molecule has 2 rings (SSSR count). The molecule has 90 valence electrons. The van der Waals surface area contributed by atoms with E-state index in [1.165, 1.54) is 0 Å². The zero-order valence-electron chi connectivity index (χ0n) is 10.3. The van der Waals surface area contributed by atoms with Crippen molar-refractivity contribution in [1.29, 1.82) is 0 Å². The number of hydrogen-bond acceptors (Lipinski definition) is 3. The highest BCUT2D eigenvalue weighted by Gasteiger charge is 2.20. The van der Waals surface area contributed by atoms with E-state index in [2.05, 4.69) is 4.99 Å². The van der Waals surface area contributed by atoms with Crippen LogP contribution in [0.3, 0.4) is 0 Å². The number of phenolic OH excluding ortho intramolecular Hbond substituents is 1. The molecule has 0 fully saturated rings. The Morgan fingerprint density at radius 1 is 1.35 bits per heavy atom. The van der Waals surface area contributed by atoms with Crippen LogP contribution >= 0.6 is 0 Å². The fraction of sp³-hybridized carbons (Fsp3) is 0.286. The maximum absolute atomic E-state index is 10.9. The Bertz CT molecular complexity index is 463. The number of aliphatic imine (C=N–C) groups is 1. The molecular weight excluding hydrogens is 214 g/mol.